The zero-order chi connectivity index (χ0) is 17.6. The highest BCUT2D eigenvalue weighted by Crippen LogP contribution is 2.15. The van der Waals surface area contributed by atoms with Crippen LogP contribution in [0, 0.1) is 0 Å². The molecule has 23 heavy (non-hydrogen) atoms. The summed E-state index contributed by atoms with van der Waals surface area (Å²) in [4.78, 5) is 27.8. The fourth-order valence-corrected chi connectivity index (χ4v) is 1.66. The van der Waals surface area contributed by atoms with E-state index in [0.29, 0.717) is 10.7 Å². The van der Waals surface area contributed by atoms with E-state index in [2.05, 4.69) is 15.4 Å². The van der Waals surface area contributed by atoms with Crippen LogP contribution in [0.5, 0.6) is 0 Å². The molecule has 0 fully saturated rings. The molecule has 1 rings (SSSR count). The van der Waals surface area contributed by atoms with E-state index in [1.807, 2.05) is 0 Å². The predicted octanol–water partition coefficient (Wildman–Crippen LogP) is 2.98. The fraction of sp³-hybridized carbons (Fsp3) is 0.400. The second-order valence-corrected chi connectivity index (χ2v) is 5.64. The molecule has 1 aromatic carbocycles. The van der Waals surface area contributed by atoms with Gasteiger partial charge in [-0.2, -0.15) is 5.01 Å². The van der Waals surface area contributed by atoms with Crippen LogP contribution >= 0.6 is 0 Å². The SMILES string of the molecule is CON=C(C)c1ccc(N(NC(=O)OC(C)(C)C)C(=O)O)cc1. The van der Waals surface area contributed by atoms with Gasteiger partial charge in [0.15, 0.2) is 0 Å². The average Bonchev–Trinajstić information content (AvgIpc) is 2.43. The predicted molar refractivity (Wildman–Crippen MR) is 85.5 cm³/mol. The second kappa shape index (κ2) is 7.48. The number of ether oxygens (including phenoxy) is 1. The molecule has 2 amide bonds. The van der Waals surface area contributed by atoms with E-state index in [9.17, 15) is 14.7 Å². The van der Waals surface area contributed by atoms with E-state index < -0.39 is 17.8 Å². The molecule has 0 radical (unpaired) electrons. The Bertz CT molecular complexity index is 590. The monoisotopic (exact) mass is 323 g/mol. The number of carbonyl (C=O) groups is 2. The molecule has 0 aliphatic heterocycles. The lowest BCUT2D eigenvalue weighted by atomic mass is 10.1. The molecule has 0 unspecified atom stereocenters. The summed E-state index contributed by atoms with van der Waals surface area (Å²) >= 11 is 0. The quantitative estimate of drug-likeness (QED) is 0.658. The normalized spacial score (nSPS) is 11.6. The first kappa shape index (κ1) is 18.3. The van der Waals surface area contributed by atoms with E-state index >= 15 is 0 Å². The number of hydrazine groups is 1. The van der Waals surface area contributed by atoms with Crippen LogP contribution in [0.2, 0.25) is 0 Å². The van der Waals surface area contributed by atoms with Crippen LogP contribution in [-0.4, -0.2) is 35.7 Å². The number of hydrogen-bond acceptors (Lipinski definition) is 5. The number of carboxylic acid groups (broad SMARTS) is 1. The van der Waals surface area contributed by atoms with Gasteiger partial charge in [0.2, 0.25) is 0 Å². The maximum Gasteiger partial charge on any atom is 0.431 e. The molecule has 8 nitrogen and oxygen atoms in total. The Balaban J connectivity index is 2.92. The molecule has 0 saturated heterocycles. The highest BCUT2D eigenvalue weighted by molar-refractivity contribution is 5.99. The zero-order valence-corrected chi connectivity index (χ0v) is 13.8. The standard InChI is InChI=1S/C15H21N3O5/c1-10(17-22-5)11-6-8-12(9-7-11)18(14(20)21)16-13(19)23-15(2,3)4/h6-9H,1-5H3,(H,16,19)(H,20,21). The molecule has 0 bridgehead atoms. The van der Waals surface area contributed by atoms with Crippen molar-refractivity contribution in [3.05, 3.63) is 29.8 Å². The first-order valence-corrected chi connectivity index (χ1v) is 6.85. The molecule has 2 N–H and O–H groups in total. The summed E-state index contributed by atoms with van der Waals surface area (Å²) < 4.78 is 5.04. The molecule has 0 aliphatic rings. The van der Waals surface area contributed by atoms with E-state index in [1.165, 1.54) is 19.2 Å². The van der Waals surface area contributed by atoms with Gasteiger partial charge in [0.1, 0.15) is 12.7 Å². The van der Waals surface area contributed by atoms with Crippen LogP contribution in [0.15, 0.2) is 29.4 Å². The van der Waals surface area contributed by atoms with Crippen LogP contribution in [0.25, 0.3) is 0 Å². The van der Waals surface area contributed by atoms with Crippen molar-refractivity contribution >= 4 is 23.6 Å². The Hall–Kier alpha value is -2.77. The van der Waals surface area contributed by atoms with Crippen LogP contribution in [0.4, 0.5) is 15.3 Å². The first-order chi connectivity index (χ1) is 10.6. The Labute approximate surface area is 134 Å². The maximum absolute atomic E-state index is 11.7. The number of hydrogen-bond donors (Lipinski definition) is 2. The van der Waals surface area contributed by atoms with Crippen LogP contribution < -0.4 is 10.4 Å². The summed E-state index contributed by atoms with van der Waals surface area (Å²) in [6.07, 6.45) is -2.20. The number of carbonyl (C=O) groups excluding carboxylic acids is 1. The summed E-state index contributed by atoms with van der Waals surface area (Å²) in [6, 6.07) is 6.41. The summed E-state index contributed by atoms with van der Waals surface area (Å²) in [6.45, 7) is 6.81. The van der Waals surface area contributed by atoms with Gasteiger partial charge in [-0.05, 0) is 45.4 Å². The van der Waals surface area contributed by atoms with Gasteiger partial charge in [-0.3, -0.25) is 0 Å². The van der Waals surface area contributed by atoms with Gasteiger partial charge in [-0.15, -0.1) is 0 Å². The second-order valence-electron chi connectivity index (χ2n) is 5.64. The van der Waals surface area contributed by atoms with Crippen molar-refractivity contribution in [3.8, 4) is 0 Å². The smallest absolute Gasteiger partial charge is 0.431 e. The van der Waals surface area contributed by atoms with Gasteiger partial charge in [0, 0.05) is 0 Å². The third-order valence-corrected chi connectivity index (χ3v) is 2.56. The maximum atomic E-state index is 11.7. The summed E-state index contributed by atoms with van der Waals surface area (Å²) in [7, 11) is 1.44. The van der Waals surface area contributed by atoms with Gasteiger partial charge < -0.3 is 14.7 Å². The minimum Gasteiger partial charge on any atom is -0.463 e. The Morgan fingerprint density at radius 1 is 1.22 bits per heavy atom. The van der Waals surface area contributed by atoms with Crippen molar-refractivity contribution in [1.29, 1.82) is 0 Å². The van der Waals surface area contributed by atoms with Crippen molar-refractivity contribution in [3.63, 3.8) is 0 Å². The third kappa shape index (κ3) is 5.85. The highest BCUT2D eigenvalue weighted by atomic mass is 16.6. The minimum absolute atomic E-state index is 0.261. The highest BCUT2D eigenvalue weighted by Gasteiger charge is 2.22. The van der Waals surface area contributed by atoms with E-state index in [0.717, 1.165) is 5.56 Å². The van der Waals surface area contributed by atoms with Crippen LogP contribution in [0.1, 0.15) is 33.3 Å². The fourth-order valence-electron chi connectivity index (χ4n) is 1.66. The Kier molecular flexibility index (Phi) is 5.94. The largest absolute Gasteiger partial charge is 0.463 e. The molecule has 0 aromatic heterocycles. The van der Waals surface area contributed by atoms with Gasteiger partial charge in [0.05, 0.1) is 11.4 Å². The van der Waals surface area contributed by atoms with Crippen molar-refractivity contribution in [1.82, 2.24) is 5.43 Å². The summed E-state index contributed by atoms with van der Waals surface area (Å²) in [5.41, 5.74) is 3.11. The number of oxime groups is 1. The number of nitrogens with one attached hydrogen (secondary N) is 1. The van der Waals surface area contributed by atoms with Gasteiger partial charge in [0.25, 0.3) is 0 Å². The molecule has 126 valence electrons. The van der Waals surface area contributed by atoms with Crippen molar-refractivity contribution in [2.45, 2.75) is 33.3 Å². The van der Waals surface area contributed by atoms with Gasteiger partial charge >= 0.3 is 12.2 Å². The van der Waals surface area contributed by atoms with E-state index in [4.69, 9.17) is 4.74 Å². The average molecular weight is 323 g/mol. The molecular weight excluding hydrogens is 302 g/mol. The number of amides is 2. The summed E-state index contributed by atoms with van der Waals surface area (Å²) in [5, 5.41) is 13.7. The number of rotatable bonds is 3. The van der Waals surface area contributed by atoms with Crippen LogP contribution in [0.3, 0.4) is 0 Å². The topological polar surface area (TPSA) is 100 Å². The molecule has 0 aliphatic carbocycles. The van der Waals surface area contributed by atoms with E-state index in [-0.39, 0.29) is 5.69 Å². The molecule has 0 heterocycles. The molecule has 0 saturated carbocycles. The van der Waals surface area contributed by atoms with Crippen LogP contribution in [-0.2, 0) is 9.57 Å². The number of anilines is 1. The minimum atomic E-state index is -1.34. The number of benzene rings is 1. The van der Waals surface area contributed by atoms with Gasteiger partial charge in [-0.25, -0.2) is 15.0 Å². The zero-order valence-electron chi connectivity index (χ0n) is 13.8. The molecule has 0 spiro atoms. The van der Waals surface area contributed by atoms with E-state index in [1.54, 1.807) is 39.8 Å². The van der Waals surface area contributed by atoms with Crippen molar-refractivity contribution in [2.24, 2.45) is 5.16 Å². The lowest BCUT2D eigenvalue weighted by molar-refractivity contribution is 0.0518. The molecule has 0 atom stereocenters. The Morgan fingerprint density at radius 3 is 2.22 bits per heavy atom. The molecule has 8 heteroatoms. The Morgan fingerprint density at radius 2 is 1.78 bits per heavy atom. The lowest BCUT2D eigenvalue weighted by Crippen LogP contribution is -2.47. The number of nitrogens with zero attached hydrogens (tertiary/aromatic N) is 2. The summed E-state index contributed by atoms with van der Waals surface area (Å²) in [5.74, 6) is 0. The van der Waals surface area contributed by atoms with Crippen molar-refractivity contribution in [2.75, 3.05) is 12.1 Å². The third-order valence-electron chi connectivity index (χ3n) is 2.56. The van der Waals surface area contributed by atoms with Crippen molar-refractivity contribution < 1.29 is 24.3 Å². The first-order valence-electron chi connectivity index (χ1n) is 6.85. The van der Waals surface area contributed by atoms with Gasteiger partial charge in [-0.1, -0.05) is 17.3 Å². The molecule has 1 aromatic rings. The lowest BCUT2D eigenvalue weighted by Gasteiger charge is -2.24. The molecular formula is C15H21N3O5.